The van der Waals surface area contributed by atoms with Crippen LogP contribution in [-0.4, -0.2) is 37.2 Å². The molecular weight excluding hydrogens is 841 g/mol. The number of esters is 3. The molecule has 0 rings (SSSR count). The number of rotatable bonds is 54. The third-order valence-corrected chi connectivity index (χ3v) is 13.1. The van der Waals surface area contributed by atoms with Crippen LogP contribution in [0.2, 0.25) is 0 Å². The molecule has 0 aromatic rings. The van der Waals surface area contributed by atoms with E-state index in [-0.39, 0.29) is 31.1 Å². The van der Waals surface area contributed by atoms with Gasteiger partial charge in [0.05, 0.1) is 0 Å². The molecule has 0 saturated carbocycles. The Morgan fingerprint density at radius 3 is 0.897 bits per heavy atom. The van der Waals surface area contributed by atoms with Crippen molar-refractivity contribution in [3.8, 4) is 0 Å². The van der Waals surface area contributed by atoms with Gasteiger partial charge in [0.25, 0.3) is 0 Å². The third-order valence-electron chi connectivity index (χ3n) is 13.1. The molecule has 0 heterocycles. The van der Waals surface area contributed by atoms with E-state index in [9.17, 15) is 14.4 Å². The van der Waals surface area contributed by atoms with Crippen LogP contribution in [0, 0.1) is 0 Å². The average molecular weight is 954 g/mol. The Balaban J connectivity index is 4.38. The van der Waals surface area contributed by atoms with E-state index in [1.54, 1.807) is 0 Å². The van der Waals surface area contributed by atoms with Crippen LogP contribution in [-0.2, 0) is 28.6 Å². The summed E-state index contributed by atoms with van der Waals surface area (Å²) in [5.74, 6) is -0.892. The van der Waals surface area contributed by atoms with Crippen molar-refractivity contribution in [2.24, 2.45) is 0 Å². The molecule has 1 atom stereocenters. The van der Waals surface area contributed by atoms with Crippen molar-refractivity contribution in [3.05, 3.63) is 48.6 Å². The number of ether oxygens (including phenoxy) is 3. The summed E-state index contributed by atoms with van der Waals surface area (Å²) in [6, 6.07) is 0. The predicted molar refractivity (Wildman–Crippen MR) is 293 cm³/mol. The van der Waals surface area contributed by atoms with Gasteiger partial charge >= 0.3 is 17.9 Å². The van der Waals surface area contributed by atoms with Crippen LogP contribution >= 0.6 is 0 Å². The van der Waals surface area contributed by atoms with Gasteiger partial charge < -0.3 is 14.2 Å². The van der Waals surface area contributed by atoms with Crippen LogP contribution in [0.25, 0.3) is 0 Å². The van der Waals surface area contributed by atoms with E-state index in [4.69, 9.17) is 14.2 Å². The quantitative estimate of drug-likeness (QED) is 0.0262. The fourth-order valence-electron chi connectivity index (χ4n) is 8.67. The van der Waals surface area contributed by atoms with E-state index in [1.165, 1.54) is 180 Å². The first-order valence-corrected chi connectivity index (χ1v) is 29.6. The van der Waals surface area contributed by atoms with Gasteiger partial charge in [-0.05, 0) is 57.8 Å². The number of unbranched alkanes of at least 4 members (excludes halogenated alkanes) is 35. The lowest BCUT2D eigenvalue weighted by Gasteiger charge is -2.18. The van der Waals surface area contributed by atoms with Gasteiger partial charge in [0.15, 0.2) is 6.10 Å². The van der Waals surface area contributed by atoms with E-state index in [2.05, 4.69) is 69.4 Å². The summed E-state index contributed by atoms with van der Waals surface area (Å²) < 4.78 is 16.9. The Morgan fingerprint density at radius 1 is 0.309 bits per heavy atom. The smallest absolute Gasteiger partial charge is 0.306 e. The first kappa shape index (κ1) is 65.4. The second-order valence-corrected chi connectivity index (χ2v) is 19.9. The van der Waals surface area contributed by atoms with Gasteiger partial charge in [-0.1, -0.05) is 281 Å². The highest BCUT2D eigenvalue weighted by atomic mass is 16.6. The van der Waals surface area contributed by atoms with Crippen LogP contribution in [0.15, 0.2) is 48.6 Å². The molecule has 396 valence electrons. The van der Waals surface area contributed by atoms with Crippen molar-refractivity contribution in [3.63, 3.8) is 0 Å². The molecule has 0 fully saturated rings. The molecule has 0 aliphatic heterocycles. The Hall–Kier alpha value is -2.63. The predicted octanol–water partition coefficient (Wildman–Crippen LogP) is 19.8. The highest BCUT2D eigenvalue weighted by Crippen LogP contribution is 2.17. The van der Waals surface area contributed by atoms with Gasteiger partial charge in [0, 0.05) is 19.3 Å². The van der Waals surface area contributed by atoms with E-state index in [0.29, 0.717) is 19.3 Å². The zero-order valence-corrected chi connectivity index (χ0v) is 45.4. The van der Waals surface area contributed by atoms with Crippen molar-refractivity contribution in [2.45, 2.75) is 316 Å². The van der Waals surface area contributed by atoms with Crippen LogP contribution in [0.5, 0.6) is 0 Å². The second kappa shape index (κ2) is 57.0. The molecular formula is C62H112O6. The van der Waals surface area contributed by atoms with Gasteiger partial charge in [0.1, 0.15) is 13.2 Å². The number of carbonyl (C=O) groups is 3. The SMILES string of the molecule is CC/C=C\C/C=C\C/C=C\C/C=C\CCCCCC(=O)OCC(COC(=O)CCCCCCCCCCCCCCCCCCC)OC(=O)CCCCCCCCCCCCCCCCCCC. The topological polar surface area (TPSA) is 78.9 Å². The zero-order valence-electron chi connectivity index (χ0n) is 45.4. The van der Waals surface area contributed by atoms with Crippen molar-refractivity contribution in [2.75, 3.05) is 13.2 Å². The second-order valence-electron chi connectivity index (χ2n) is 19.9. The number of allylic oxidation sites excluding steroid dienone is 8. The summed E-state index contributed by atoms with van der Waals surface area (Å²) in [5, 5.41) is 0. The fraction of sp³-hybridized carbons (Fsp3) is 0.823. The standard InChI is InChI=1S/C62H112O6/c1-4-7-10-13-16-19-22-25-28-31-34-37-40-43-46-49-52-55-61(64)67-58-59(57-66-60(63)54-51-48-45-42-39-36-33-30-27-24-21-18-15-12-9-6-3)68-62(65)56-53-50-47-44-41-38-35-32-29-26-23-20-17-14-11-8-5-2/h9,12,18,21,27,30,36,39,59H,4-8,10-11,13-17,19-20,22-26,28-29,31-35,37-38,40-58H2,1-3H3/b12-9-,21-18-,30-27-,39-36-. The Bertz CT molecular complexity index is 1190. The molecule has 68 heavy (non-hydrogen) atoms. The molecule has 1 unspecified atom stereocenters. The summed E-state index contributed by atoms with van der Waals surface area (Å²) >= 11 is 0. The highest BCUT2D eigenvalue weighted by Gasteiger charge is 2.19. The lowest BCUT2D eigenvalue weighted by molar-refractivity contribution is -0.167. The minimum atomic E-state index is -0.782. The molecule has 0 N–H and O–H groups in total. The highest BCUT2D eigenvalue weighted by molar-refractivity contribution is 5.71. The van der Waals surface area contributed by atoms with E-state index in [0.717, 1.165) is 89.9 Å². The molecule has 0 saturated heterocycles. The van der Waals surface area contributed by atoms with E-state index in [1.807, 2.05) is 0 Å². The minimum absolute atomic E-state index is 0.0786. The fourth-order valence-corrected chi connectivity index (χ4v) is 8.67. The summed E-state index contributed by atoms with van der Waals surface area (Å²) in [5.41, 5.74) is 0. The van der Waals surface area contributed by atoms with Crippen molar-refractivity contribution in [1.29, 1.82) is 0 Å². The molecule has 0 radical (unpaired) electrons. The molecule has 0 amide bonds. The largest absolute Gasteiger partial charge is 0.462 e. The molecule has 6 nitrogen and oxygen atoms in total. The first-order valence-electron chi connectivity index (χ1n) is 29.6. The molecule has 0 bridgehead atoms. The van der Waals surface area contributed by atoms with Gasteiger partial charge in [0.2, 0.25) is 0 Å². The van der Waals surface area contributed by atoms with Crippen molar-refractivity contribution in [1.82, 2.24) is 0 Å². The van der Waals surface area contributed by atoms with Gasteiger partial charge in [-0.3, -0.25) is 14.4 Å². The maximum absolute atomic E-state index is 12.9. The zero-order chi connectivity index (χ0) is 49.3. The summed E-state index contributed by atoms with van der Waals surface area (Å²) in [4.78, 5) is 38.2. The molecule has 6 heteroatoms. The summed E-state index contributed by atoms with van der Waals surface area (Å²) in [6.45, 7) is 6.55. The number of hydrogen-bond donors (Lipinski definition) is 0. The number of hydrogen-bond acceptors (Lipinski definition) is 6. The minimum Gasteiger partial charge on any atom is -0.462 e. The Labute approximate surface area is 422 Å². The maximum atomic E-state index is 12.9. The molecule has 0 aliphatic carbocycles. The lowest BCUT2D eigenvalue weighted by Crippen LogP contribution is -2.30. The summed E-state index contributed by atoms with van der Waals surface area (Å²) in [7, 11) is 0. The van der Waals surface area contributed by atoms with Gasteiger partial charge in [-0.15, -0.1) is 0 Å². The first-order chi connectivity index (χ1) is 33.5. The number of carbonyl (C=O) groups excluding carboxylic acids is 3. The van der Waals surface area contributed by atoms with Crippen molar-refractivity contribution >= 4 is 17.9 Å². The van der Waals surface area contributed by atoms with E-state index >= 15 is 0 Å². The molecule has 0 aromatic heterocycles. The van der Waals surface area contributed by atoms with Crippen LogP contribution < -0.4 is 0 Å². The average Bonchev–Trinajstić information content (AvgIpc) is 3.34. The van der Waals surface area contributed by atoms with Gasteiger partial charge in [-0.2, -0.15) is 0 Å². The molecule has 0 aliphatic rings. The normalized spacial score (nSPS) is 12.3. The van der Waals surface area contributed by atoms with E-state index < -0.39 is 6.10 Å². The maximum Gasteiger partial charge on any atom is 0.306 e. The van der Waals surface area contributed by atoms with Crippen LogP contribution in [0.1, 0.15) is 310 Å². The van der Waals surface area contributed by atoms with Crippen LogP contribution in [0.4, 0.5) is 0 Å². The van der Waals surface area contributed by atoms with Gasteiger partial charge in [-0.25, -0.2) is 0 Å². The Morgan fingerprint density at radius 2 is 0.574 bits per heavy atom. The monoisotopic (exact) mass is 953 g/mol. The summed E-state index contributed by atoms with van der Waals surface area (Å²) in [6.07, 6.45) is 69.6. The molecule has 0 spiro atoms. The molecule has 0 aromatic carbocycles. The Kier molecular flexibility index (Phi) is 54.8. The lowest BCUT2D eigenvalue weighted by atomic mass is 10.0. The van der Waals surface area contributed by atoms with Crippen LogP contribution in [0.3, 0.4) is 0 Å². The van der Waals surface area contributed by atoms with Crippen molar-refractivity contribution < 1.29 is 28.6 Å². The third kappa shape index (κ3) is 54.3.